The number of aliphatic hydroxyl groups excluding tert-OH is 1. The molecule has 0 spiro atoms. The van der Waals surface area contributed by atoms with Gasteiger partial charge in [0.05, 0.1) is 10.0 Å². The van der Waals surface area contributed by atoms with Gasteiger partial charge in [-0.15, -0.1) is 10.2 Å². The van der Waals surface area contributed by atoms with Crippen molar-refractivity contribution in [3.8, 4) is 11.5 Å². The Morgan fingerprint density at radius 2 is 2.00 bits per heavy atom. The summed E-state index contributed by atoms with van der Waals surface area (Å²) in [6, 6.07) is 4.99. The van der Waals surface area contributed by atoms with Gasteiger partial charge in [-0.1, -0.05) is 23.2 Å². The highest BCUT2D eigenvalue weighted by Gasteiger charge is 2.13. The summed E-state index contributed by atoms with van der Waals surface area (Å²) in [5.41, 5.74) is 0.661. The van der Waals surface area contributed by atoms with Crippen molar-refractivity contribution in [3.63, 3.8) is 0 Å². The van der Waals surface area contributed by atoms with Gasteiger partial charge in [-0.25, -0.2) is 0 Å². The van der Waals surface area contributed by atoms with E-state index >= 15 is 0 Å². The highest BCUT2D eigenvalue weighted by Crippen LogP contribution is 2.28. The van der Waals surface area contributed by atoms with Gasteiger partial charge >= 0.3 is 0 Å². The zero-order chi connectivity index (χ0) is 11.7. The first-order valence-corrected chi connectivity index (χ1v) is 5.30. The molecule has 1 atom stereocenters. The monoisotopic (exact) mass is 258 g/mol. The van der Waals surface area contributed by atoms with Crippen molar-refractivity contribution in [2.45, 2.75) is 13.0 Å². The first kappa shape index (κ1) is 11.4. The first-order chi connectivity index (χ1) is 7.58. The fourth-order valence-corrected chi connectivity index (χ4v) is 1.45. The molecule has 0 aliphatic rings. The summed E-state index contributed by atoms with van der Waals surface area (Å²) in [4.78, 5) is 0. The zero-order valence-electron chi connectivity index (χ0n) is 8.32. The lowest BCUT2D eigenvalue weighted by molar-refractivity contribution is 0.163. The van der Waals surface area contributed by atoms with E-state index in [1.54, 1.807) is 25.1 Å². The van der Waals surface area contributed by atoms with Gasteiger partial charge in [0.25, 0.3) is 0 Å². The first-order valence-electron chi connectivity index (χ1n) is 4.55. The van der Waals surface area contributed by atoms with Crippen LogP contribution in [0.4, 0.5) is 0 Å². The van der Waals surface area contributed by atoms with Gasteiger partial charge in [0.2, 0.25) is 11.8 Å². The summed E-state index contributed by atoms with van der Waals surface area (Å²) in [5, 5.41) is 17.6. The average Bonchev–Trinajstić information content (AvgIpc) is 2.71. The van der Waals surface area contributed by atoms with Crippen LogP contribution in [0, 0.1) is 0 Å². The van der Waals surface area contributed by atoms with Crippen LogP contribution in [0.1, 0.15) is 18.9 Å². The van der Waals surface area contributed by atoms with E-state index in [1.807, 2.05) is 0 Å². The Bertz CT molecular complexity index is 511. The lowest BCUT2D eigenvalue weighted by atomic mass is 10.2. The van der Waals surface area contributed by atoms with Gasteiger partial charge in [-0.05, 0) is 25.1 Å². The topological polar surface area (TPSA) is 59.2 Å². The molecule has 0 aliphatic heterocycles. The third-order valence-electron chi connectivity index (χ3n) is 1.96. The summed E-state index contributed by atoms with van der Waals surface area (Å²) < 4.78 is 5.25. The van der Waals surface area contributed by atoms with Gasteiger partial charge in [0.1, 0.15) is 6.10 Å². The molecule has 1 aromatic heterocycles. The SMILES string of the molecule is CC(O)c1nnc(-c2ccc(Cl)c(Cl)c2)o1. The van der Waals surface area contributed by atoms with E-state index in [1.165, 1.54) is 0 Å². The van der Waals surface area contributed by atoms with Crippen LogP contribution in [-0.4, -0.2) is 15.3 Å². The fourth-order valence-electron chi connectivity index (χ4n) is 1.15. The van der Waals surface area contributed by atoms with E-state index < -0.39 is 6.10 Å². The molecule has 0 saturated carbocycles. The molecule has 0 fully saturated rings. The summed E-state index contributed by atoms with van der Waals surface area (Å²) in [7, 11) is 0. The standard InChI is InChI=1S/C10H8Cl2N2O2/c1-5(15)9-13-14-10(16-9)6-2-3-7(11)8(12)4-6/h2-5,15H,1H3. The van der Waals surface area contributed by atoms with Gasteiger partial charge in [-0.3, -0.25) is 0 Å². The van der Waals surface area contributed by atoms with E-state index in [4.69, 9.17) is 27.6 Å². The third kappa shape index (κ3) is 2.19. The molecule has 0 aliphatic carbocycles. The van der Waals surface area contributed by atoms with Gasteiger partial charge in [0, 0.05) is 5.56 Å². The maximum atomic E-state index is 9.24. The molecule has 1 unspecified atom stereocenters. The molecular formula is C10H8Cl2N2O2. The van der Waals surface area contributed by atoms with Crippen molar-refractivity contribution in [3.05, 3.63) is 34.1 Å². The number of rotatable bonds is 2. The second-order valence-corrected chi connectivity index (χ2v) is 4.06. The fraction of sp³-hybridized carbons (Fsp3) is 0.200. The third-order valence-corrected chi connectivity index (χ3v) is 2.70. The van der Waals surface area contributed by atoms with Crippen LogP contribution in [-0.2, 0) is 0 Å². The molecule has 84 valence electrons. The Morgan fingerprint density at radius 1 is 1.25 bits per heavy atom. The van der Waals surface area contributed by atoms with Crippen LogP contribution in [0.15, 0.2) is 22.6 Å². The van der Waals surface area contributed by atoms with Crippen LogP contribution in [0.5, 0.6) is 0 Å². The number of hydrogen-bond donors (Lipinski definition) is 1. The Labute approximate surface area is 102 Å². The molecule has 2 aromatic rings. The van der Waals surface area contributed by atoms with Crippen molar-refractivity contribution < 1.29 is 9.52 Å². The van der Waals surface area contributed by atoms with Gasteiger partial charge in [0.15, 0.2) is 0 Å². The molecule has 0 radical (unpaired) electrons. The van der Waals surface area contributed by atoms with Crippen LogP contribution in [0.3, 0.4) is 0 Å². The van der Waals surface area contributed by atoms with Gasteiger partial charge in [-0.2, -0.15) is 0 Å². The molecule has 16 heavy (non-hydrogen) atoms. The zero-order valence-corrected chi connectivity index (χ0v) is 9.83. The molecule has 1 aromatic carbocycles. The minimum atomic E-state index is -0.788. The molecule has 1 heterocycles. The quantitative estimate of drug-likeness (QED) is 0.900. The van der Waals surface area contributed by atoms with Crippen molar-refractivity contribution in [2.24, 2.45) is 0 Å². The van der Waals surface area contributed by atoms with Crippen molar-refractivity contribution >= 4 is 23.2 Å². The molecule has 0 amide bonds. The summed E-state index contributed by atoms with van der Waals surface area (Å²) in [6.45, 7) is 1.55. The predicted molar refractivity (Wildman–Crippen MR) is 60.4 cm³/mol. The number of halogens is 2. The smallest absolute Gasteiger partial charge is 0.247 e. The summed E-state index contributed by atoms with van der Waals surface area (Å²) in [5.74, 6) is 0.468. The summed E-state index contributed by atoms with van der Waals surface area (Å²) >= 11 is 11.6. The van der Waals surface area contributed by atoms with Crippen molar-refractivity contribution in [2.75, 3.05) is 0 Å². The minimum absolute atomic E-state index is 0.168. The Balaban J connectivity index is 2.39. The second-order valence-electron chi connectivity index (χ2n) is 3.25. The number of hydrogen-bond acceptors (Lipinski definition) is 4. The summed E-state index contributed by atoms with van der Waals surface area (Å²) in [6.07, 6.45) is -0.788. The number of aromatic nitrogens is 2. The number of aliphatic hydroxyl groups is 1. The normalized spacial score (nSPS) is 12.8. The number of benzene rings is 1. The molecule has 2 rings (SSSR count). The lowest BCUT2D eigenvalue weighted by Gasteiger charge is -1.98. The van der Waals surface area contributed by atoms with Crippen LogP contribution >= 0.6 is 23.2 Å². The van der Waals surface area contributed by atoms with Crippen LogP contribution in [0.2, 0.25) is 10.0 Å². The molecule has 0 saturated heterocycles. The minimum Gasteiger partial charge on any atom is -0.418 e. The average molecular weight is 259 g/mol. The van der Waals surface area contributed by atoms with E-state index in [0.29, 0.717) is 21.5 Å². The Hall–Kier alpha value is -1.10. The highest BCUT2D eigenvalue weighted by atomic mass is 35.5. The van der Waals surface area contributed by atoms with E-state index in [0.717, 1.165) is 0 Å². The highest BCUT2D eigenvalue weighted by molar-refractivity contribution is 6.42. The number of nitrogens with zero attached hydrogens (tertiary/aromatic N) is 2. The Morgan fingerprint density at radius 3 is 2.56 bits per heavy atom. The lowest BCUT2D eigenvalue weighted by Crippen LogP contribution is -1.89. The van der Waals surface area contributed by atoms with Crippen molar-refractivity contribution in [1.29, 1.82) is 0 Å². The molecule has 1 N–H and O–H groups in total. The maximum Gasteiger partial charge on any atom is 0.247 e. The molecule has 0 bridgehead atoms. The van der Waals surface area contributed by atoms with E-state index in [2.05, 4.69) is 10.2 Å². The van der Waals surface area contributed by atoms with Crippen molar-refractivity contribution in [1.82, 2.24) is 10.2 Å². The van der Waals surface area contributed by atoms with Crippen LogP contribution < -0.4 is 0 Å². The van der Waals surface area contributed by atoms with Crippen LogP contribution in [0.25, 0.3) is 11.5 Å². The molecule has 6 heteroatoms. The molecule has 4 nitrogen and oxygen atoms in total. The Kier molecular flexibility index (Phi) is 3.14. The predicted octanol–water partition coefficient (Wildman–Crippen LogP) is 3.10. The van der Waals surface area contributed by atoms with Gasteiger partial charge < -0.3 is 9.52 Å². The molecular weight excluding hydrogens is 251 g/mol. The largest absolute Gasteiger partial charge is 0.418 e. The second kappa shape index (κ2) is 4.41. The van der Waals surface area contributed by atoms with E-state index in [9.17, 15) is 5.11 Å². The maximum absolute atomic E-state index is 9.24. The van der Waals surface area contributed by atoms with E-state index in [-0.39, 0.29) is 5.89 Å².